The zero-order chi connectivity index (χ0) is 15.5. The molecule has 0 unspecified atom stereocenters. The maximum Gasteiger partial charge on any atom is 0.269 e. The first-order valence-corrected chi connectivity index (χ1v) is 7.48. The first-order chi connectivity index (χ1) is 10.6. The third-order valence-corrected chi connectivity index (χ3v) is 3.72. The Morgan fingerprint density at radius 3 is 2.64 bits per heavy atom. The maximum absolute atomic E-state index is 10.6. The third-order valence-electron chi connectivity index (χ3n) is 3.53. The number of rotatable bonds is 6. The molecule has 0 atom stereocenters. The van der Waals surface area contributed by atoms with E-state index in [0.717, 1.165) is 17.8 Å². The fourth-order valence-corrected chi connectivity index (χ4v) is 2.36. The SMILES string of the molecule is O=[N+]([O-])c1ccc(CNc2cc(Cl)nc(CC3CC3)n2)cc1. The van der Waals surface area contributed by atoms with Crippen LogP contribution in [0.2, 0.25) is 5.15 Å². The first kappa shape index (κ1) is 14.7. The van der Waals surface area contributed by atoms with Crippen molar-refractivity contribution in [3.63, 3.8) is 0 Å². The summed E-state index contributed by atoms with van der Waals surface area (Å²) in [5.41, 5.74) is 1.02. The second-order valence-electron chi connectivity index (χ2n) is 5.42. The molecular weight excluding hydrogens is 304 g/mol. The van der Waals surface area contributed by atoms with Crippen LogP contribution in [0.25, 0.3) is 0 Å². The molecule has 1 aliphatic carbocycles. The Labute approximate surface area is 132 Å². The number of nitrogens with one attached hydrogen (secondary N) is 1. The van der Waals surface area contributed by atoms with Gasteiger partial charge in [0.05, 0.1) is 4.92 Å². The minimum absolute atomic E-state index is 0.0838. The summed E-state index contributed by atoms with van der Waals surface area (Å²) >= 11 is 6.03. The molecule has 0 spiro atoms. The Balaban J connectivity index is 1.64. The van der Waals surface area contributed by atoms with Gasteiger partial charge in [0.15, 0.2) is 0 Å². The molecule has 1 N–H and O–H groups in total. The van der Waals surface area contributed by atoms with Crippen LogP contribution >= 0.6 is 11.6 Å². The van der Waals surface area contributed by atoms with Crippen LogP contribution in [0.1, 0.15) is 24.2 Å². The largest absolute Gasteiger partial charge is 0.366 e. The fourth-order valence-electron chi connectivity index (χ4n) is 2.15. The summed E-state index contributed by atoms with van der Waals surface area (Å²) in [4.78, 5) is 18.9. The molecule has 0 amide bonds. The third kappa shape index (κ3) is 3.92. The van der Waals surface area contributed by atoms with Crippen molar-refractivity contribution in [1.29, 1.82) is 0 Å². The summed E-state index contributed by atoms with van der Waals surface area (Å²) in [5.74, 6) is 2.14. The zero-order valence-corrected chi connectivity index (χ0v) is 12.6. The highest BCUT2D eigenvalue weighted by molar-refractivity contribution is 6.29. The molecular formula is C15H15ClN4O2. The summed E-state index contributed by atoms with van der Waals surface area (Å²) in [6, 6.07) is 8.10. The van der Waals surface area contributed by atoms with E-state index in [4.69, 9.17) is 11.6 Å². The van der Waals surface area contributed by atoms with Crippen molar-refractivity contribution in [2.75, 3.05) is 5.32 Å². The van der Waals surface area contributed by atoms with Crippen molar-refractivity contribution in [3.05, 3.63) is 57.0 Å². The number of anilines is 1. The van der Waals surface area contributed by atoms with Gasteiger partial charge in [-0.15, -0.1) is 0 Å². The van der Waals surface area contributed by atoms with E-state index in [-0.39, 0.29) is 5.69 Å². The fraction of sp³-hybridized carbons (Fsp3) is 0.333. The van der Waals surface area contributed by atoms with Gasteiger partial charge in [-0.05, 0) is 24.3 Å². The highest BCUT2D eigenvalue weighted by Gasteiger charge is 2.23. The minimum Gasteiger partial charge on any atom is -0.366 e. The van der Waals surface area contributed by atoms with Crippen molar-refractivity contribution >= 4 is 23.1 Å². The number of hydrogen-bond acceptors (Lipinski definition) is 5. The van der Waals surface area contributed by atoms with E-state index < -0.39 is 4.92 Å². The standard InChI is InChI=1S/C15H15ClN4O2/c16-13-8-14(19-15(18-13)7-10-1-2-10)17-9-11-3-5-12(6-4-11)20(21)22/h3-6,8,10H,1-2,7,9H2,(H,17,18,19). The van der Waals surface area contributed by atoms with Crippen LogP contribution in [0.3, 0.4) is 0 Å². The predicted octanol–water partition coefficient (Wildman–Crippen LogP) is 3.60. The minimum atomic E-state index is -0.411. The summed E-state index contributed by atoms with van der Waals surface area (Å²) in [6.07, 6.45) is 3.34. The van der Waals surface area contributed by atoms with Gasteiger partial charge in [-0.1, -0.05) is 23.7 Å². The number of nitro benzene ring substituents is 1. The topological polar surface area (TPSA) is 81.0 Å². The highest BCUT2D eigenvalue weighted by Crippen LogP contribution is 2.32. The molecule has 7 heteroatoms. The van der Waals surface area contributed by atoms with Gasteiger partial charge in [-0.3, -0.25) is 10.1 Å². The molecule has 1 fully saturated rings. The molecule has 1 aromatic carbocycles. The Morgan fingerprint density at radius 2 is 2.00 bits per heavy atom. The van der Waals surface area contributed by atoms with Gasteiger partial charge < -0.3 is 5.32 Å². The number of nitrogens with zero attached hydrogens (tertiary/aromatic N) is 3. The maximum atomic E-state index is 10.6. The van der Waals surface area contributed by atoms with E-state index in [1.54, 1.807) is 18.2 Å². The van der Waals surface area contributed by atoms with Gasteiger partial charge in [0.1, 0.15) is 16.8 Å². The Kier molecular flexibility index (Phi) is 4.20. The second-order valence-corrected chi connectivity index (χ2v) is 5.80. The molecule has 22 heavy (non-hydrogen) atoms. The van der Waals surface area contributed by atoms with E-state index >= 15 is 0 Å². The van der Waals surface area contributed by atoms with Crippen LogP contribution in [0.4, 0.5) is 11.5 Å². The molecule has 0 radical (unpaired) electrons. The molecule has 114 valence electrons. The molecule has 0 bridgehead atoms. The lowest BCUT2D eigenvalue weighted by molar-refractivity contribution is -0.384. The number of non-ortho nitro benzene ring substituents is 1. The van der Waals surface area contributed by atoms with Gasteiger partial charge in [0, 0.05) is 31.2 Å². The second kappa shape index (κ2) is 6.27. The lowest BCUT2D eigenvalue weighted by atomic mass is 10.2. The van der Waals surface area contributed by atoms with Crippen molar-refractivity contribution < 1.29 is 4.92 Å². The van der Waals surface area contributed by atoms with Gasteiger partial charge >= 0.3 is 0 Å². The molecule has 6 nitrogen and oxygen atoms in total. The molecule has 1 aliphatic rings. The van der Waals surface area contributed by atoms with Crippen LogP contribution in [-0.4, -0.2) is 14.9 Å². The molecule has 0 saturated heterocycles. The molecule has 2 aromatic rings. The van der Waals surface area contributed by atoms with E-state index in [1.807, 2.05) is 0 Å². The average Bonchev–Trinajstić information content (AvgIpc) is 3.29. The molecule has 3 rings (SSSR count). The van der Waals surface area contributed by atoms with Crippen LogP contribution in [-0.2, 0) is 13.0 Å². The zero-order valence-electron chi connectivity index (χ0n) is 11.8. The number of halogens is 1. The van der Waals surface area contributed by atoms with Crippen molar-refractivity contribution in [2.24, 2.45) is 5.92 Å². The Morgan fingerprint density at radius 1 is 1.27 bits per heavy atom. The summed E-state index contributed by atoms with van der Waals surface area (Å²) in [7, 11) is 0. The van der Waals surface area contributed by atoms with Gasteiger partial charge in [-0.2, -0.15) is 0 Å². The smallest absolute Gasteiger partial charge is 0.269 e. The molecule has 1 heterocycles. The summed E-state index contributed by atoms with van der Waals surface area (Å²) in [5, 5.41) is 14.2. The van der Waals surface area contributed by atoms with Crippen LogP contribution in [0, 0.1) is 16.0 Å². The van der Waals surface area contributed by atoms with Crippen molar-refractivity contribution in [3.8, 4) is 0 Å². The Hall–Kier alpha value is -2.21. The lowest BCUT2D eigenvalue weighted by Crippen LogP contribution is -2.05. The van der Waals surface area contributed by atoms with E-state index in [2.05, 4.69) is 15.3 Å². The number of benzene rings is 1. The van der Waals surface area contributed by atoms with E-state index in [0.29, 0.717) is 23.4 Å². The number of hydrogen-bond donors (Lipinski definition) is 1. The normalized spacial score (nSPS) is 13.9. The van der Waals surface area contributed by atoms with Gasteiger partial charge in [-0.25, -0.2) is 9.97 Å². The van der Waals surface area contributed by atoms with Crippen LogP contribution in [0.5, 0.6) is 0 Å². The Bertz CT molecular complexity index is 686. The van der Waals surface area contributed by atoms with Gasteiger partial charge in [0.2, 0.25) is 0 Å². The number of aromatic nitrogens is 2. The van der Waals surface area contributed by atoms with Crippen molar-refractivity contribution in [1.82, 2.24) is 9.97 Å². The first-order valence-electron chi connectivity index (χ1n) is 7.11. The molecule has 0 aliphatic heterocycles. The quantitative estimate of drug-likeness (QED) is 0.500. The molecule has 1 saturated carbocycles. The van der Waals surface area contributed by atoms with Crippen LogP contribution in [0.15, 0.2) is 30.3 Å². The summed E-state index contributed by atoms with van der Waals surface area (Å²) < 4.78 is 0. The average molecular weight is 319 g/mol. The lowest BCUT2D eigenvalue weighted by Gasteiger charge is -2.08. The highest BCUT2D eigenvalue weighted by atomic mass is 35.5. The molecule has 1 aromatic heterocycles. The van der Waals surface area contributed by atoms with E-state index in [1.165, 1.54) is 25.0 Å². The summed E-state index contributed by atoms with van der Waals surface area (Å²) in [6.45, 7) is 0.522. The van der Waals surface area contributed by atoms with E-state index in [9.17, 15) is 10.1 Å². The predicted molar refractivity (Wildman–Crippen MR) is 83.9 cm³/mol. The van der Waals surface area contributed by atoms with Crippen molar-refractivity contribution in [2.45, 2.75) is 25.8 Å². The monoisotopic (exact) mass is 318 g/mol. The number of nitro groups is 1. The van der Waals surface area contributed by atoms with Crippen LogP contribution < -0.4 is 5.32 Å². The van der Waals surface area contributed by atoms with Gasteiger partial charge in [0.25, 0.3) is 5.69 Å².